The van der Waals surface area contributed by atoms with Crippen LogP contribution < -0.4 is 27.1 Å². The largest absolute Gasteiger partial charge is 0.496 e. The van der Waals surface area contributed by atoms with Crippen molar-refractivity contribution in [1.82, 2.24) is 10.9 Å². The van der Waals surface area contributed by atoms with E-state index in [2.05, 4.69) is 21.1 Å². The highest BCUT2D eigenvalue weighted by molar-refractivity contribution is 6.07. The molecule has 10 heteroatoms. The van der Waals surface area contributed by atoms with E-state index in [9.17, 15) is 9.59 Å². The summed E-state index contributed by atoms with van der Waals surface area (Å²) in [4.78, 5) is 24.9. The molecule has 0 bridgehead atoms. The van der Waals surface area contributed by atoms with Crippen molar-refractivity contribution in [3.63, 3.8) is 0 Å². The topological polar surface area (TPSA) is 157 Å². The van der Waals surface area contributed by atoms with Gasteiger partial charge < -0.3 is 20.6 Å². The molecule has 0 unspecified atom stereocenters. The number of guanidine groups is 1. The Hall–Kier alpha value is -3.82. The Morgan fingerprint density at radius 3 is 2.59 bits per heavy atom. The molecule has 0 spiro atoms. The van der Waals surface area contributed by atoms with Gasteiger partial charge in [-0.25, -0.2) is 0 Å². The van der Waals surface area contributed by atoms with E-state index >= 15 is 0 Å². The van der Waals surface area contributed by atoms with Crippen molar-refractivity contribution in [3.8, 4) is 5.75 Å². The number of nitrogens with one attached hydrogen (secondary N) is 2. The number of hydrogen-bond donors (Lipinski definition) is 4. The van der Waals surface area contributed by atoms with Crippen molar-refractivity contribution in [1.29, 1.82) is 0 Å². The van der Waals surface area contributed by atoms with Crippen molar-refractivity contribution >= 4 is 23.5 Å². The Kier molecular flexibility index (Phi) is 5.82. The maximum Gasteiger partial charge on any atom is 0.305 e. The van der Waals surface area contributed by atoms with E-state index in [1.165, 1.54) is 7.11 Å². The first-order chi connectivity index (χ1) is 13.9. The number of benzene rings is 1. The number of furan rings is 1. The van der Waals surface area contributed by atoms with Crippen LogP contribution in [0.15, 0.2) is 38.9 Å². The maximum atomic E-state index is 12.6. The fourth-order valence-electron chi connectivity index (χ4n) is 3.17. The molecule has 1 aromatic carbocycles. The Morgan fingerprint density at radius 1 is 1.14 bits per heavy atom. The molecule has 29 heavy (non-hydrogen) atoms. The van der Waals surface area contributed by atoms with Crippen molar-refractivity contribution in [2.24, 2.45) is 21.7 Å². The molecular weight excluding hydrogens is 376 g/mol. The number of rotatable bonds is 4. The minimum atomic E-state index is -0.582. The number of amides is 2. The van der Waals surface area contributed by atoms with E-state index in [-0.39, 0.29) is 17.3 Å². The molecule has 0 saturated heterocycles. The second-order valence-electron chi connectivity index (χ2n) is 6.39. The van der Waals surface area contributed by atoms with Gasteiger partial charge in [0.25, 0.3) is 5.91 Å². The SMILES string of the molecule is COc1ccccc1C(=O)NNC(=O)c1oc2c(c1C)/C(=N/N=C(N)N)CCC2. The van der Waals surface area contributed by atoms with Crippen LogP contribution in [0, 0.1) is 6.92 Å². The number of nitrogens with two attached hydrogens (primary N) is 2. The number of hydrazine groups is 1. The second-order valence-corrected chi connectivity index (χ2v) is 6.39. The number of fused-ring (bicyclic) bond motifs is 1. The quantitative estimate of drug-likeness (QED) is 0.341. The number of nitrogens with zero attached hydrogens (tertiary/aromatic N) is 2. The number of carbonyl (C=O) groups excluding carboxylic acids is 2. The van der Waals surface area contributed by atoms with E-state index in [4.69, 9.17) is 20.6 Å². The zero-order valence-corrected chi connectivity index (χ0v) is 16.1. The molecule has 1 heterocycles. The molecule has 3 rings (SSSR count). The summed E-state index contributed by atoms with van der Waals surface area (Å²) in [6.45, 7) is 1.75. The zero-order valence-electron chi connectivity index (χ0n) is 16.1. The molecular formula is C19H22N6O4. The number of aryl methyl sites for hydroxylation is 1. The summed E-state index contributed by atoms with van der Waals surface area (Å²) < 4.78 is 10.9. The molecule has 2 aromatic rings. The first-order valence-electron chi connectivity index (χ1n) is 8.94. The molecule has 0 aliphatic heterocycles. The van der Waals surface area contributed by atoms with E-state index in [0.717, 1.165) is 12.0 Å². The fourth-order valence-corrected chi connectivity index (χ4v) is 3.17. The van der Waals surface area contributed by atoms with Crippen LogP contribution in [0.25, 0.3) is 0 Å². The predicted molar refractivity (Wildman–Crippen MR) is 107 cm³/mol. The summed E-state index contributed by atoms with van der Waals surface area (Å²) >= 11 is 0. The van der Waals surface area contributed by atoms with Crippen molar-refractivity contribution in [2.75, 3.05) is 7.11 Å². The Balaban J connectivity index is 1.78. The standard InChI is InChI=1S/C19H22N6O4/c1-10-15-12(22-25-19(20)21)7-5-9-14(15)29-16(10)18(27)24-23-17(26)11-6-3-4-8-13(11)28-2/h3-4,6,8H,5,7,9H2,1-2H3,(H,23,26)(H,24,27)(H4,20,21,25)/b22-12+. The number of para-hydroxylation sites is 1. The summed E-state index contributed by atoms with van der Waals surface area (Å²) in [7, 11) is 1.46. The minimum Gasteiger partial charge on any atom is -0.496 e. The molecule has 10 nitrogen and oxygen atoms in total. The van der Waals surface area contributed by atoms with Crippen molar-refractivity contribution in [3.05, 3.63) is 52.5 Å². The van der Waals surface area contributed by atoms with E-state index in [1.807, 2.05) is 0 Å². The smallest absolute Gasteiger partial charge is 0.305 e. The highest BCUT2D eigenvalue weighted by atomic mass is 16.5. The summed E-state index contributed by atoms with van der Waals surface area (Å²) in [5.41, 5.74) is 17.7. The van der Waals surface area contributed by atoms with Gasteiger partial charge in [-0.1, -0.05) is 12.1 Å². The third-order valence-electron chi connectivity index (χ3n) is 4.46. The van der Waals surface area contributed by atoms with Crippen LogP contribution in [0.3, 0.4) is 0 Å². The molecule has 1 aliphatic carbocycles. The van der Waals surface area contributed by atoms with E-state index in [0.29, 0.717) is 35.6 Å². The van der Waals surface area contributed by atoms with Crippen LogP contribution in [0.5, 0.6) is 5.75 Å². The molecule has 1 aromatic heterocycles. The zero-order chi connectivity index (χ0) is 21.0. The van der Waals surface area contributed by atoms with Gasteiger partial charge in [-0.05, 0) is 31.9 Å². The summed E-state index contributed by atoms with van der Waals surface area (Å²) in [5.74, 6) is -0.123. The minimum absolute atomic E-state index is 0.0922. The van der Waals surface area contributed by atoms with Crippen LogP contribution in [0.2, 0.25) is 0 Å². The lowest BCUT2D eigenvalue weighted by atomic mass is 9.93. The lowest BCUT2D eigenvalue weighted by Gasteiger charge is -2.11. The van der Waals surface area contributed by atoms with Crippen LogP contribution in [-0.4, -0.2) is 30.6 Å². The lowest BCUT2D eigenvalue weighted by Crippen LogP contribution is -2.41. The van der Waals surface area contributed by atoms with Crippen LogP contribution in [0.1, 0.15) is 50.6 Å². The first kappa shape index (κ1) is 19.9. The van der Waals surface area contributed by atoms with E-state index in [1.54, 1.807) is 31.2 Å². The molecule has 6 N–H and O–H groups in total. The van der Waals surface area contributed by atoms with E-state index < -0.39 is 11.8 Å². The number of methoxy groups -OCH3 is 1. The van der Waals surface area contributed by atoms with Crippen molar-refractivity contribution < 1.29 is 18.7 Å². The summed E-state index contributed by atoms with van der Waals surface area (Å²) in [6, 6.07) is 6.68. The highest BCUT2D eigenvalue weighted by Gasteiger charge is 2.28. The van der Waals surface area contributed by atoms with Gasteiger partial charge in [-0.3, -0.25) is 20.4 Å². The Morgan fingerprint density at radius 2 is 1.86 bits per heavy atom. The van der Waals surface area contributed by atoms with Gasteiger partial charge in [0.15, 0.2) is 5.76 Å². The first-order valence-corrected chi connectivity index (χ1v) is 8.94. The monoisotopic (exact) mass is 398 g/mol. The van der Waals surface area contributed by atoms with Gasteiger partial charge in [0, 0.05) is 17.5 Å². The van der Waals surface area contributed by atoms with Gasteiger partial charge in [0.1, 0.15) is 11.5 Å². The van der Waals surface area contributed by atoms with Gasteiger partial charge in [0.05, 0.1) is 18.4 Å². The highest BCUT2D eigenvalue weighted by Crippen LogP contribution is 2.30. The molecule has 0 fully saturated rings. The summed E-state index contributed by atoms with van der Waals surface area (Å²) in [5, 5.41) is 7.77. The summed E-state index contributed by atoms with van der Waals surface area (Å²) in [6.07, 6.45) is 2.12. The number of carbonyl (C=O) groups is 2. The third kappa shape index (κ3) is 4.21. The second kappa shape index (κ2) is 8.46. The molecule has 2 amide bonds. The maximum absolute atomic E-state index is 12.6. The van der Waals surface area contributed by atoms with Crippen LogP contribution >= 0.6 is 0 Å². The van der Waals surface area contributed by atoms with Gasteiger partial charge >= 0.3 is 5.91 Å². The normalized spacial score (nSPS) is 14.1. The number of ether oxygens (including phenoxy) is 1. The van der Waals surface area contributed by atoms with Crippen LogP contribution in [0.4, 0.5) is 0 Å². The molecule has 1 aliphatic rings. The Bertz CT molecular complexity index is 1000. The van der Waals surface area contributed by atoms with Crippen molar-refractivity contribution in [2.45, 2.75) is 26.2 Å². The third-order valence-corrected chi connectivity index (χ3v) is 4.46. The molecule has 0 saturated carbocycles. The lowest BCUT2D eigenvalue weighted by molar-refractivity contribution is 0.0827. The predicted octanol–water partition coefficient (Wildman–Crippen LogP) is 0.985. The molecule has 0 atom stereocenters. The van der Waals surface area contributed by atoms with Crippen LogP contribution in [-0.2, 0) is 6.42 Å². The number of hydrogen-bond acceptors (Lipinski definition) is 6. The fraction of sp³-hybridized carbons (Fsp3) is 0.263. The average Bonchev–Trinajstić information content (AvgIpc) is 3.07. The molecule has 152 valence electrons. The molecule has 0 radical (unpaired) electrons. The Labute approximate surface area is 167 Å². The average molecular weight is 398 g/mol. The van der Waals surface area contributed by atoms with Gasteiger partial charge in [-0.15, -0.1) is 5.10 Å². The van der Waals surface area contributed by atoms with Gasteiger partial charge in [-0.2, -0.15) is 5.10 Å². The van der Waals surface area contributed by atoms with Gasteiger partial charge in [0.2, 0.25) is 5.96 Å².